The Hall–Kier alpha value is -3.17. The van der Waals surface area contributed by atoms with Crippen LogP contribution in [0.15, 0.2) is 67.0 Å². The quantitative estimate of drug-likeness (QED) is 0.433. The molecule has 1 saturated carbocycles. The first-order valence-electron chi connectivity index (χ1n) is 11.6. The van der Waals surface area contributed by atoms with Gasteiger partial charge in [-0.3, -0.25) is 4.57 Å². The maximum atomic E-state index is 13.2. The zero-order valence-electron chi connectivity index (χ0n) is 19.8. The van der Waals surface area contributed by atoms with E-state index in [0.717, 1.165) is 41.2 Å². The van der Waals surface area contributed by atoms with Crippen molar-refractivity contribution in [3.05, 3.63) is 84.0 Å². The molecule has 1 aromatic heterocycles. The average Bonchev–Trinajstić information content (AvgIpc) is 3.65. The minimum absolute atomic E-state index is 0.133. The van der Waals surface area contributed by atoms with E-state index in [1.807, 2.05) is 24.3 Å². The number of aliphatic hydroxyl groups excluding tert-OH is 1. The number of aliphatic hydroxyl groups is 1. The van der Waals surface area contributed by atoms with Crippen molar-refractivity contribution < 1.29 is 32.1 Å². The maximum Gasteiger partial charge on any atom is 0.450 e. The second-order valence-corrected chi connectivity index (χ2v) is 8.94. The molecule has 36 heavy (non-hydrogen) atoms. The van der Waals surface area contributed by atoms with E-state index in [1.165, 1.54) is 13.3 Å². The van der Waals surface area contributed by atoms with Crippen molar-refractivity contribution in [3.8, 4) is 11.4 Å². The minimum Gasteiger partial charge on any atom is -0.496 e. The van der Waals surface area contributed by atoms with Gasteiger partial charge in [0.05, 0.1) is 19.3 Å². The molecule has 1 aliphatic heterocycles. The van der Waals surface area contributed by atoms with Crippen molar-refractivity contribution in [1.82, 2.24) is 9.55 Å². The first-order chi connectivity index (χ1) is 17.3. The lowest BCUT2D eigenvalue weighted by atomic mass is 9.96. The zero-order valence-corrected chi connectivity index (χ0v) is 19.8. The van der Waals surface area contributed by atoms with E-state index in [0.29, 0.717) is 23.6 Å². The number of methoxy groups -OCH3 is 1. The highest BCUT2D eigenvalue weighted by Crippen LogP contribution is 2.45. The summed E-state index contributed by atoms with van der Waals surface area (Å²) in [7, 11) is 1.53. The van der Waals surface area contributed by atoms with Gasteiger partial charge in [0.25, 0.3) is 0 Å². The summed E-state index contributed by atoms with van der Waals surface area (Å²) in [6.45, 7) is 0.128. The Kier molecular flexibility index (Phi) is 7.80. The van der Waals surface area contributed by atoms with Crippen LogP contribution in [0.4, 0.5) is 17.6 Å². The summed E-state index contributed by atoms with van der Waals surface area (Å²) in [6.07, 6.45) is 2.38. The number of aromatic nitrogens is 2. The Balaban J connectivity index is 0.000000325. The number of halogens is 4. The smallest absolute Gasteiger partial charge is 0.450 e. The number of ether oxygens (including phenoxy) is 2. The molecule has 2 aromatic carbocycles. The number of imidazole rings is 1. The van der Waals surface area contributed by atoms with Crippen LogP contribution in [0.5, 0.6) is 5.75 Å². The normalized spacial score (nSPS) is 21.3. The molecule has 0 radical (unpaired) electrons. The van der Waals surface area contributed by atoms with Gasteiger partial charge in [0.1, 0.15) is 12.4 Å². The van der Waals surface area contributed by atoms with Crippen LogP contribution in [0.2, 0.25) is 0 Å². The molecule has 9 heteroatoms. The highest BCUT2D eigenvalue weighted by Gasteiger charge is 2.42. The molecule has 1 aliphatic carbocycles. The molecule has 0 amide bonds. The van der Waals surface area contributed by atoms with Crippen LogP contribution < -0.4 is 4.74 Å². The summed E-state index contributed by atoms with van der Waals surface area (Å²) < 4.78 is 63.9. The van der Waals surface area contributed by atoms with Gasteiger partial charge in [0, 0.05) is 30.3 Å². The summed E-state index contributed by atoms with van der Waals surface area (Å²) >= 11 is 0. The number of hydrogen-bond donors (Lipinski definition) is 1. The molecular formula is C27H28F4N2O3. The molecule has 1 fully saturated rings. The third kappa shape index (κ3) is 5.63. The molecule has 5 rings (SSSR count). The van der Waals surface area contributed by atoms with Crippen LogP contribution >= 0.6 is 0 Å². The minimum atomic E-state index is -4.55. The molecule has 2 aliphatic rings. The van der Waals surface area contributed by atoms with E-state index >= 15 is 0 Å². The van der Waals surface area contributed by atoms with Gasteiger partial charge < -0.3 is 14.6 Å². The molecule has 0 unspecified atom stereocenters. The van der Waals surface area contributed by atoms with E-state index in [4.69, 9.17) is 9.47 Å². The molecule has 192 valence electrons. The van der Waals surface area contributed by atoms with Crippen molar-refractivity contribution >= 4 is 5.57 Å². The second kappa shape index (κ2) is 10.8. The van der Waals surface area contributed by atoms with E-state index < -0.39 is 17.6 Å². The molecule has 2 atom stereocenters. The monoisotopic (exact) mass is 504 g/mol. The Labute approximate surface area is 207 Å². The third-order valence-electron chi connectivity index (χ3n) is 6.52. The second-order valence-electron chi connectivity index (χ2n) is 8.94. The average molecular weight is 505 g/mol. The predicted octanol–water partition coefficient (Wildman–Crippen LogP) is 6.00. The van der Waals surface area contributed by atoms with Crippen molar-refractivity contribution in [1.29, 1.82) is 0 Å². The summed E-state index contributed by atoms with van der Waals surface area (Å²) in [5.41, 5.74) is 2.27. The van der Waals surface area contributed by atoms with Crippen LogP contribution in [-0.2, 0) is 17.6 Å². The van der Waals surface area contributed by atoms with Gasteiger partial charge in [-0.25, -0.2) is 9.37 Å². The van der Waals surface area contributed by atoms with Crippen molar-refractivity contribution in [2.45, 2.75) is 37.7 Å². The molecule has 0 bridgehead atoms. The summed E-state index contributed by atoms with van der Waals surface area (Å²) in [4.78, 5) is 3.45. The Morgan fingerprint density at radius 3 is 2.58 bits per heavy atom. The fourth-order valence-electron chi connectivity index (χ4n) is 4.72. The Bertz CT molecular complexity index is 1190. The first kappa shape index (κ1) is 25.9. The van der Waals surface area contributed by atoms with E-state index in [9.17, 15) is 22.7 Å². The molecule has 3 aromatic rings. The largest absolute Gasteiger partial charge is 0.496 e. The highest BCUT2D eigenvalue weighted by atomic mass is 19.4. The van der Waals surface area contributed by atoms with Gasteiger partial charge in [-0.1, -0.05) is 30.3 Å². The highest BCUT2D eigenvalue weighted by molar-refractivity contribution is 5.75. The SMILES string of the molecule is COc1ccc(-n2ccnc2C(F)(F)F)cc1C1=C[C@@]2(CC[C@H](CO)C2)OC1.FCc1ccccc1. The number of rotatable bonds is 5. The lowest BCUT2D eigenvalue weighted by Gasteiger charge is -2.20. The van der Waals surface area contributed by atoms with Crippen LogP contribution in [0, 0.1) is 5.92 Å². The van der Waals surface area contributed by atoms with Crippen LogP contribution in [-0.4, -0.2) is 40.6 Å². The fourth-order valence-corrected chi connectivity index (χ4v) is 4.72. The molecule has 5 nitrogen and oxygen atoms in total. The van der Waals surface area contributed by atoms with Gasteiger partial charge >= 0.3 is 6.18 Å². The summed E-state index contributed by atoms with van der Waals surface area (Å²) in [6, 6.07) is 14.0. The van der Waals surface area contributed by atoms with Crippen molar-refractivity contribution in [2.24, 2.45) is 5.92 Å². The van der Waals surface area contributed by atoms with Crippen LogP contribution in [0.25, 0.3) is 11.3 Å². The van der Waals surface area contributed by atoms with Gasteiger partial charge in [-0.15, -0.1) is 0 Å². The van der Waals surface area contributed by atoms with Crippen LogP contribution in [0.3, 0.4) is 0 Å². The van der Waals surface area contributed by atoms with Gasteiger partial charge in [-0.2, -0.15) is 13.2 Å². The topological polar surface area (TPSA) is 56.5 Å². The summed E-state index contributed by atoms with van der Waals surface area (Å²) in [5, 5.41) is 9.41. The number of alkyl halides is 4. The first-order valence-corrected chi connectivity index (χ1v) is 11.6. The predicted molar refractivity (Wildman–Crippen MR) is 127 cm³/mol. The van der Waals surface area contributed by atoms with E-state index in [1.54, 1.807) is 30.3 Å². The lowest BCUT2D eigenvalue weighted by molar-refractivity contribution is -0.145. The third-order valence-corrected chi connectivity index (χ3v) is 6.52. The molecule has 1 N–H and O–H groups in total. The Morgan fingerprint density at radius 1 is 1.19 bits per heavy atom. The number of nitrogens with zero attached hydrogens (tertiary/aromatic N) is 2. The Morgan fingerprint density at radius 2 is 1.97 bits per heavy atom. The molecule has 2 heterocycles. The standard InChI is InChI=1S/C20H21F3N2O3.C7H7F/c1-27-17-3-2-15(25-7-6-24-18(25)20(21,22)23)8-16(17)14-10-19(28-12-14)5-4-13(9-19)11-26;8-6-7-4-2-1-3-5-7/h2-3,6-8,10,13,26H,4-5,9,11-12H2,1H3;1-5H,6H2/t13-,19-;/m0./s1. The van der Waals surface area contributed by atoms with Gasteiger partial charge in [0.2, 0.25) is 5.82 Å². The van der Waals surface area contributed by atoms with E-state index in [-0.39, 0.29) is 19.2 Å². The summed E-state index contributed by atoms with van der Waals surface area (Å²) in [5.74, 6) is -0.191. The van der Waals surface area contributed by atoms with Gasteiger partial charge in [-0.05, 0) is 60.6 Å². The van der Waals surface area contributed by atoms with Crippen molar-refractivity contribution in [2.75, 3.05) is 20.3 Å². The number of benzene rings is 2. The lowest BCUT2D eigenvalue weighted by Crippen LogP contribution is -2.23. The number of hydrogen-bond acceptors (Lipinski definition) is 4. The molecule has 1 spiro atoms. The molecule has 0 saturated heterocycles. The fraction of sp³-hybridized carbons (Fsp3) is 0.370. The van der Waals surface area contributed by atoms with E-state index in [2.05, 4.69) is 4.98 Å². The maximum absolute atomic E-state index is 13.2. The zero-order chi connectivity index (χ0) is 25.8. The van der Waals surface area contributed by atoms with Crippen molar-refractivity contribution in [3.63, 3.8) is 0 Å². The van der Waals surface area contributed by atoms with Gasteiger partial charge in [0.15, 0.2) is 0 Å². The molecular weight excluding hydrogens is 476 g/mol. The van der Waals surface area contributed by atoms with Crippen LogP contribution in [0.1, 0.15) is 36.2 Å².